The van der Waals surface area contributed by atoms with Gasteiger partial charge in [-0.3, -0.25) is 0 Å². The standard InChI is InChI=1S/C18H21N/c1-3-14-6-4-5-7-17(14)19-18-11-10-15-9-8-13(2)12-16(15)18/h4-9,12,18-19H,3,10-11H2,1-2H3. The molecule has 1 aliphatic rings. The summed E-state index contributed by atoms with van der Waals surface area (Å²) in [6.45, 7) is 4.39. The van der Waals surface area contributed by atoms with E-state index in [0.717, 1.165) is 6.42 Å². The quantitative estimate of drug-likeness (QED) is 0.836. The molecule has 0 aliphatic heterocycles. The van der Waals surface area contributed by atoms with Crippen LogP contribution in [-0.2, 0) is 12.8 Å². The number of rotatable bonds is 3. The molecule has 0 radical (unpaired) electrons. The molecule has 1 N–H and O–H groups in total. The minimum Gasteiger partial charge on any atom is -0.378 e. The Morgan fingerprint density at radius 2 is 2.00 bits per heavy atom. The highest BCUT2D eigenvalue weighted by Crippen LogP contribution is 2.35. The van der Waals surface area contributed by atoms with E-state index in [2.05, 4.69) is 61.6 Å². The Balaban J connectivity index is 1.88. The number of hydrogen-bond acceptors (Lipinski definition) is 1. The molecule has 19 heavy (non-hydrogen) atoms. The number of hydrogen-bond donors (Lipinski definition) is 1. The minimum absolute atomic E-state index is 0.475. The van der Waals surface area contributed by atoms with Crippen molar-refractivity contribution < 1.29 is 0 Å². The second kappa shape index (κ2) is 5.08. The summed E-state index contributed by atoms with van der Waals surface area (Å²) >= 11 is 0. The van der Waals surface area contributed by atoms with Crippen LogP contribution in [0.4, 0.5) is 5.69 Å². The largest absolute Gasteiger partial charge is 0.378 e. The van der Waals surface area contributed by atoms with Crippen molar-refractivity contribution in [1.29, 1.82) is 0 Å². The minimum atomic E-state index is 0.475. The lowest BCUT2D eigenvalue weighted by atomic mass is 10.0. The third-order valence-electron chi connectivity index (χ3n) is 4.11. The molecule has 1 heteroatoms. The molecule has 0 bridgehead atoms. The zero-order valence-corrected chi connectivity index (χ0v) is 11.7. The van der Waals surface area contributed by atoms with E-state index < -0.39 is 0 Å². The van der Waals surface area contributed by atoms with Gasteiger partial charge < -0.3 is 5.32 Å². The summed E-state index contributed by atoms with van der Waals surface area (Å²) in [5.41, 5.74) is 7.06. The van der Waals surface area contributed by atoms with Crippen molar-refractivity contribution in [3.05, 3.63) is 64.7 Å². The van der Waals surface area contributed by atoms with Gasteiger partial charge in [0.05, 0.1) is 6.04 Å². The van der Waals surface area contributed by atoms with Gasteiger partial charge in [-0.25, -0.2) is 0 Å². The molecule has 0 fully saturated rings. The molecule has 98 valence electrons. The van der Waals surface area contributed by atoms with Crippen LogP contribution in [0.15, 0.2) is 42.5 Å². The van der Waals surface area contributed by atoms with Gasteiger partial charge in [-0.15, -0.1) is 0 Å². The molecule has 1 aliphatic carbocycles. The predicted octanol–water partition coefficient (Wildman–Crippen LogP) is 4.66. The first-order valence-corrected chi connectivity index (χ1v) is 7.22. The Bertz CT molecular complexity index is 586. The normalized spacial score (nSPS) is 17.3. The topological polar surface area (TPSA) is 12.0 Å². The number of nitrogens with one attached hydrogen (secondary N) is 1. The molecular formula is C18H21N. The summed E-state index contributed by atoms with van der Waals surface area (Å²) in [6, 6.07) is 16.0. The van der Waals surface area contributed by atoms with Crippen LogP contribution >= 0.6 is 0 Å². The highest BCUT2D eigenvalue weighted by Gasteiger charge is 2.22. The van der Waals surface area contributed by atoms with Gasteiger partial charge in [0.15, 0.2) is 0 Å². The van der Waals surface area contributed by atoms with Gasteiger partial charge in [0.25, 0.3) is 0 Å². The Morgan fingerprint density at radius 3 is 2.84 bits per heavy atom. The van der Waals surface area contributed by atoms with E-state index in [4.69, 9.17) is 0 Å². The van der Waals surface area contributed by atoms with Crippen molar-refractivity contribution in [2.75, 3.05) is 5.32 Å². The number of aryl methyl sites for hydroxylation is 3. The van der Waals surface area contributed by atoms with Gasteiger partial charge in [0.1, 0.15) is 0 Å². The van der Waals surface area contributed by atoms with Gasteiger partial charge in [-0.2, -0.15) is 0 Å². The Hall–Kier alpha value is -1.76. The zero-order chi connectivity index (χ0) is 13.2. The first kappa shape index (κ1) is 12.3. The molecule has 0 amide bonds. The summed E-state index contributed by atoms with van der Waals surface area (Å²) in [4.78, 5) is 0. The van der Waals surface area contributed by atoms with Crippen LogP contribution in [-0.4, -0.2) is 0 Å². The maximum atomic E-state index is 3.74. The molecule has 1 nitrogen and oxygen atoms in total. The molecule has 0 aromatic heterocycles. The lowest BCUT2D eigenvalue weighted by molar-refractivity contribution is 0.760. The molecule has 1 unspecified atom stereocenters. The lowest BCUT2D eigenvalue weighted by Crippen LogP contribution is -2.08. The van der Waals surface area contributed by atoms with E-state index in [0.29, 0.717) is 6.04 Å². The summed E-state index contributed by atoms with van der Waals surface area (Å²) in [7, 11) is 0. The molecule has 2 aromatic rings. The fourth-order valence-electron chi connectivity index (χ4n) is 3.03. The SMILES string of the molecule is CCc1ccccc1NC1CCc2ccc(C)cc21. The average Bonchev–Trinajstić information content (AvgIpc) is 2.82. The lowest BCUT2D eigenvalue weighted by Gasteiger charge is -2.18. The molecule has 0 heterocycles. The molecule has 0 saturated heterocycles. The summed E-state index contributed by atoms with van der Waals surface area (Å²) in [5.74, 6) is 0. The van der Waals surface area contributed by atoms with Crippen LogP contribution in [0.3, 0.4) is 0 Å². The monoisotopic (exact) mass is 251 g/mol. The third-order valence-corrected chi connectivity index (χ3v) is 4.11. The number of benzene rings is 2. The van der Waals surface area contributed by atoms with Gasteiger partial charge in [-0.05, 0) is 48.9 Å². The number of fused-ring (bicyclic) bond motifs is 1. The molecule has 3 rings (SSSR count). The van der Waals surface area contributed by atoms with Crippen LogP contribution in [0.1, 0.15) is 41.6 Å². The Labute approximate surface area is 115 Å². The molecule has 1 atom stereocenters. The van der Waals surface area contributed by atoms with Gasteiger partial charge in [-0.1, -0.05) is 48.9 Å². The summed E-state index contributed by atoms with van der Waals surface area (Å²) in [6.07, 6.45) is 3.48. The van der Waals surface area contributed by atoms with E-state index in [9.17, 15) is 0 Å². The second-order valence-electron chi connectivity index (χ2n) is 5.45. The van der Waals surface area contributed by atoms with Crippen molar-refractivity contribution >= 4 is 5.69 Å². The molecule has 0 spiro atoms. The van der Waals surface area contributed by atoms with E-state index in [-0.39, 0.29) is 0 Å². The average molecular weight is 251 g/mol. The van der Waals surface area contributed by atoms with E-state index in [1.165, 1.54) is 40.8 Å². The molecule has 2 aromatic carbocycles. The Kier molecular flexibility index (Phi) is 3.29. The number of para-hydroxylation sites is 1. The van der Waals surface area contributed by atoms with E-state index in [1.54, 1.807) is 0 Å². The van der Waals surface area contributed by atoms with Crippen molar-refractivity contribution in [3.63, 3.8) is 0 Å². The summed E-state index contributed by atoms with van der Waals surface area (Å²) < 4.78 is 0. The highest BCUT2D eigenvalue weighted by atomic mass is 14.9. The van der Waals surface area contributed by atoms with Crippen LogP contribution in [0.5, 0.6) is 0 Å². The van der Waals surface area contributed by atoms with Crippen LogP contribution in [0, 0.1) is 6.92 Å². The predicted molar refractivity (Wildman–Crippen MR) is 81.7 cm³/mol. The van der Waals surface area contributed by atoms with Crippen molar-refractivity contribution in [3.8, 4) is 0 Å². The smallest absolute Gasteiger partial charge is 0.0519 e. The molecule has 0 saturated carbocycles. The third kappa shape index (κ3) is 2.37. The van der Waals surface area contributed by atoms with E-state index in [1.807, 2.05) is 0 Å². The van der Waals surface area contributed by atoms with E-state index >= 15 is 0 Å². The van der Waals surface area contributed by atoms with Crippen LogP contribution < -0.4 is 5.32 Å². The van der Waals surface area contributed by atoms with Crippen molar-refractivity contribution in [2.24, 2.45) is 0 Å². The summed E-state index contributed by atoms with van der Waals surface area (Å²) in [5, 5.41) is 3.74. The van der Waals surface area contributed by atoms with Crippen LogP contribution in [0.25, 0.3) is 0 Å². The maximum Gasteiger partial charge on any atom is 0.0519 e. The van der Waals surface area contributed by atoms with Crippen LogP contribution in [0.2, 0.25) is 0 Å². The maximum absolute atomic E-state index is 3.74. The van der Waals surface area contributed by atoms with Crippen molar-refractivity contribution in [2.45, 2.75) is 39.2 Å². The Morgan fingerprint density at radius 1 is 1.16 bits per heavy atom. The first-order chi connectivity index (χ1) is 9.28. The van der Waals surface area contributed by atoms with Gasteiger partial charge in [0, 0.05) is 5.69 Å². The fraction of sp³-hybridized carbons (Fsp3) is 0.333. The highest BCUT2D eigenvalue weighted by molar-refractivity contribution is 5.54. The number of anilines is 1. The second-order valence-corrected chi connectivity index (χ2v) is 5.45. The van der Waals surface area contributed by atoms with Crippen molar-refractivity contribution in [1.82, 2.24) is 0 Å². The fourth-order valence-corrected chi connectivity index (χ4v) is 3.03. The molecular weight excluding hydrogens is 230 g/mol. The first-order valence-electron chi connectivity index (χ1n) is 7.22. The van der Waals surface area contributed by atoms with Gasteiger partial charge in [0.2, 0.25) is 0 Å². The zero-order valence-electron chi connectivity index (χ0n) is 11.7. The van der Waals surface area contributed by atoms with Gasteiger partial charge >= 0.3 is 0 Å².